The molecule has 2 aromatic heterocycles. The fourth-order valence-electron chi connectivity index (χ4n) is 3.23. The van der Waals surface area contributed by atoms with E-state index in [-0.39, 0.29) is 11.5 Å². The van der Waals surface area contributed by atoms with Crippen molar-refractivity contribution in [3.05, 3.63) is 63.0 Å². The molecule has 0 atom stereocenters. The van der Waals surface area contributed by atoms with Gasteiger partial charge >= 0.3 is 0 Å². The second kappa shape index (κ2) is 6.44. The van der Waals surface area contributed by atoms with Crippen molar-refractivity contribution in [1.82, 2.24) is 14.5 Å². The normalized spacial score (nSPS) is 14.4. The van der Waals surface area contributed by atoms with Crippen LogP contribution in [0.15, 0.2) is 40.8 Å². The monoisotopic (exact) mass is 353 g/mol. The van der Waals surface area contributed by atoms with Gasteiger partial charge in [-0.2, -0.15) is 0 Å². The van der Waals surface area contributed by atoms with Crippen LogP contribution in [0, 0.1) is 6.92 Å². The molecule has 1 fully saturated rings. The van der Waals surface area contributed by atoms with Crippen LogP contribution in [0.1, 0.15) is 34.3 Å². The highest BCUT2D eigenvalue weighted by molar-refractivity contribution is 7.17. The molecule has 0 radical (unpaired) electrons. The molecule has 4 rings (SSSR count). The zero-order chi connectivity index (χ0) is 17.4. The lowest BCUT2D eigenvalue weighted by atomic mass is 10.1. The lowest BCUT2D eigenvalue weighted by molar-refractivity contribution is 0.0793. The van der Waals surface area contributed by atoms with E-state index >= 15 is 0 Å². The van der Waals surface area contributed by atoms with Crippen molar-refractivity contribution in [2.24, 2.45) is 0 Å². The zero-order valence-electron chi connectivity index (χ0n) is 14.1. The molecule has 0 aliphatic carbocycles. The summed E-state index contributed by atoms with van der Waals surface area (Å²) in [5, 5.41) is 1.96. The average molecular weight is 353 g/mol. The van der Waals surface area contributed by atoms with E-state index in [9.17, 15) is 9.59 Å². The first-order valence-corrected chi connectivity index (χ1v) is 9.33. The van der Waals surface area contributed by atoms with E-state index < -0.39 is 0 Å². The van der Waals surface area contributed by atoms with Crippen molar-refractivity contribution >= 4 is 27.5 Å². The number of benzene rings is 1. The van der Waals surface area contributed by atoms with E-state index in [0.717, 1.165) is 42.6 Å². The molecule has 128 valence electrons. The summed E-state index contributed by atoms with van der Waals surface area (Å²) in [5.74, 6) is 0.0957. The third-order valence-electron chi connectivity index (χ3n) is 4.67. The van der Waals surface area contributed by atoms with Gasteiger partial charge in [-0.05, 0) is 48.4 Å². The summed E-state index contributed by atoms with van der Waals surface area (Å²) < 4.78 is 2.32. The number of hydrogen-bond acceptors (Lipinski definition) is 4. The minimum absolute atomic E-state index is 0.0136. The maximum Gasteiger partial charge on any atom is 0.271 e. The Balaban J connectivity index is 1.56. The van der Waals surface area contributed by atoms with E-state index in [2.05, 4.69) is 4.98 Å². The molecular weight excluding hydrogens is 334 g/mol. The summed E-state index contributed by atoms with van der Waals surface area (Å²) in [6.07, 6.45) is 3.78. The third-order valence-corrected chi connectivity index (χ3v) is 5.75. The first-order valence-electron chi connectivity index (χ1n) is 8.45. The smallest absolute Gasteiger partial charge is 0.271 e. The van der Waals surface area contributed by atoms with Crippen LogP contribution in [0.4, 0.5) is 0 Å². The highest BCUT2D eigenvalue weighted by Gasteiger charge is 2.19. The molecule has 0 saturated carbocycles. The van der Waals surface area contributed by atoms with Gasteiger partial charge in [0.1, 0.15) is 4.70 Å². The SMILES string of the molecule is Cc1csc2c(=O)n(Cc3ccc(C(=O)N4CCCC4)cc3)cnc12. The molecule has 1 saturated heterocycles. The summed E-state index contributed by atoms with van der Waals surface area (Å²) in [4.78, 5) is 31.3. The Hall–Kier alpha value is -2.47. The molecular formula is C19H19N3O2S. The fraction of sp³-hybridized carbons (Fsp3) is 0.316. The van der Waals surface area contributed by atoms with Crippen LogP contribution in [0.3, 0.4) is 0 Å². The van der Waals surface area contributed by atoms with Gasteiger partial charge in [0.15, 0.2) is 0 Å². The minimum atomic E-state index is -0.0136. The number of aromatic nitrogens is 2. The largest absolute Gasteiger partial charge is 0.339 e. The lowest BCUT2D eigenvalue weighted by Gasteiger charge is -2.15. The van der Waals surface area contributed by atoms with E-state index in [4.69, 9.17) is 0 Å². The van der Waals surface area contributed by atoms with E-state index in [0.29, 0.717) is 16.8 Å². The number of amides is 1. The fourth-order valence-corrected chi connectivity index (χ4v) is 4.17. The van der Waals surface area contributed by atoms with Crippen molar-refractivity contribution in [1.29, 1.82) is 0 Å². The highest BCUT2D eigenvalue weighted by atomic mass is 32.1. The Morgan fingerprint density at radius 2 is 1.92 bits per heavy atom. The Morgan fingerprint density at radius 3 is 2.64 bits per heavy atom. The predicted molar refractivity (Wildman–Crippen MR) is 99.3 cm³/mol. The van der Waals surface area contributed by atoms with Crippen molar-refractivity contribution in [3.63, 3.8) is 0 Å². The topological polar surface area (TPSA) is 55.2 Å². The molecule has 0 bridgehead atoms. The van der Waals surface area contributed by atoms with Crippen molar-refractivity contribution in [2.45, 2.75) is 26.3 Å². The number of likely N-dealkylation sites (tertiary alicyclic amines) is 1. The molecule has 6 heteroatoms. The molecule has 0 N–H and O–H groups in total. The van der Waals surface area contributed by atoms with Crippen LogP contribution < -0.4 is 5.56 Å². The summed E-state index contributed by atoms with van der Waals surface area (Å²) in [7, 11) is 0. The van der Waals surface area contributed by atoms with Gasteiger partial charge in [-0.25, -0.2) is 4.98 Å². The molecule has 0 unspecified atom stereocenters. The van der Waals surface area contributed by atoms with Crippen LogP contribution in [-0.4, -0.2) is 33.4 Å². The van der Waals surface area contributed by atoms with Crippen LogP contribution >= 0.6 is 11.3 Å². The van der Waals surface area contributed by atoms with E-state index in [1.54, 1.807) is 10.9 Å². The van der Waals surface area contributed by atoms with Gasteiger partial charge in [-0.3, -0.25) is 14.2 Å². The van der Waals surface area contributed by atoms with Gasteiger partial charge in [0, 0.05) is 18.7 Å². The Labute approximate surface area is 149 Å². The number of carbonyl (C=O) groups excluding carboxylic acids is 1. The van der Waals surface area contributed by atoms with Crippen LogP contribution in [0.25, 0.3) is 10.2 Å². The maximum atomic E-state index is 12.6. The van der Waals surface area contributed by atoms with Crippen molar-refractivity contribution in [2.75, 3.05) is 13.1 Å². The number of thiophene rings is 1. The second-order valence-corrected chi connectivity index (χ2v) is 7.35. The summed E-state index contributed by atoms with van der Waals surface area (Å²) in [6, 6.07) is 7.53. The first-order chi connectivity index (χ1) is 12.1. The molecule has 1 aliphatic rings. The quantitative estimate of drug-likeness (QED) is 0.727. The molecule has 25 heavy (non-hydrogen) atoms. The molecule has 0 spiro atoms. The Bertz CT molecular complexity index is 982. The van der Waals surface area contributed by atoms with Gasteiger partial charge in [0.2, 0.25) is 0 Å². The third kappa shape index (κ3) is 2.98. The Kier molecular flexibility index (Phi) is 4.13. The maximum absolute atomic E-state index is 12.6. The molecule has 3 heterocycles. The summed E-state index contributed by atoms with van der Waals surface area (Å²) in [6.45, 7) is 4.12. The summed E-state index contributed by atoms with van der Waals surface area (Å²) >= 11 is 1.44. The van der Waals surface area contributed by atoms with E-state index in [1.165, 1.54) is 11.3 Å². The molecule has 1 aromatic carbocycles. The highest BCUT2D eigenvalue weighted by Crippen LogP contribution is 2.19. The number of fused-ring (bicyclic) bond motifs is 1. The number of rotatable bonds is 3. The molecule has 1 amide bonds. The van der Waals surface area contributed by atoms with Crippen LogP contribution in [0.5, 0.6) is 0 Å². The van der Waals surface area contributed by atoms with Gasteiger partial charge in [-0.15, -0.1) is 11.3 Å². The number of hydrogen-bond donors (Lipinski definition) is 0. The molecule has 3 aromatic rings. The van der Waals surface area contributed by atoms with Crippen molar-refractivity contribution < 1.29 is 4.79 Å². The second-order valence-electron chi connectivity index (χ2n) is 6.47. The minimum Gasteiger partial charge on any atom is -0.339 e. The number of aryl methyl sites for hydroxylation is 1. The van der Waals surface area contributed by atoms with Gasteiger partial charge < -0.3 is 4.90 Å². The zero-order valence-corrected chi connectivity index (χ0v) is 14.9. The van der Waals surface area contributed by atoms with Gasteiger partial charge in [-0.1, -0.05) is 12.1 Å². The van der Waals surface area contributed by atoms with E-state index in [1.807, 2.05) is 41.5 Å². The molecule has 5 nitrogen and oxygen atoms in total. The van der Waals surface area contributed by atoms with Gasteiger partial charge in [0.25, 0.3) is 11.5 Å². The van der Waals surface area contributed by atoms with Crippen LogP contribution in [0.2, 0.25) is 0 Å². The summed E-state index contributed by atoms with van der Waals surface area (Å²) in [5.41, 5.74) is 3.50. The number of carbonyl (C=O) groups is 1. The lowest BCUT2D eigenvalue weighted by Crippen LogP contribution is -2.27. The predicted octanol–water partition coefficient (Wildman–Crippen LogP) is 3.05. The van der Waals surface area contributed by atoms with Gasteiger partial charge in [0.05, 0.1) is 18.4 Å². The van der Waals surface area contributed by atoms with Crippen LogP contribution in [-0.2, 0) is 6.54 Å². The van der Waals surface area contributed by atoms with Crippen molar-refractivity contribution in [3.8, 4) is 0 Å². The first kappa shape index (κ1) is 16.0. The average Bonchev–Trinajstić information content (AvgIpc) is 3.28. The number of nitrogens with zero attached hydrogens (tertiary/aromatic N) is 3. The molecule has 1 aliphatic heterocycles. The standard InChI is InChI=1S/C19H19N3O2S/c1-13-11-25-17-16(13)20-12-22(19(17)24)10-14-4-6-15(7-5-14)18(23)21-8-2-3-9-21/h4-7,11-12H,2-3,8-10H2,1H3. The Morgan fingerprint density at radius 1 is 1.20 bits per heavy atom.